The molecule has 2 N–H and O–H groups in total. The first-order chi connectivity index (χ1) is 12.1. The molecule has 124 valence electrons. The fourth-order valence-corrected chi connectivity index (χ4v) is 3.68. The molecule has 0 atom stereocenters. The lowest BCUT2D eigenvalue weighted by molar-refractivity contribution is 0.0964. The van der Waals surface area contributed by atoms with Crippen molar-refractivity contribution in [3.05, 3.63) is 76.4 Å². The van der Waals surface area contributed by atoms with Crippen LogP contribution in [0.3, 0.4) is 0 Å². The van der Waals surface area contributed by atoms with Crippen molar-refractivity contribution in [3.63, 3.8) is 0 Å². The van der Waals surface area contributed by atoms with E-state index in [1.165, 1.54) is 17.4 Å². The molecule has 0 saturated carbocycles. The highest BCUT2D eigenvalue weighted by Crippen LogP contribution is 2.30. The van der Waals surface area contributed by atoms with E-state index in [4.69, 9.17) is 0 Å². The predicted molar refractivity (Wildman–Crippen MR) is 95.3 cm³/mol. The van der Waals surface area contributed by atoms with Crippen LogP contribution in [0.25, 0.3) is 10.4 Å². The predicted octanol–water partition coefficient (Wildman–Crippen LogP) is 4.05. The summed E-state index contributed by atoms with van der Waals surface area (Å²) in [6.45, 7) is 0.513. The first-order valence-corrected chi connectivity index (χ1v) is 8.51. The van der Waals surface area contributed by atoms with E-state index in [1.54, 1.807) is 42.5 Å². The molecule has 0 radical (unpaired) electrons. The van der Waals surface area contributed by atoms with Gasteiger partial charge in [0.1, 0.15) is 5.82 Å². The Labute approximate surface area is 147 Å². The zero-order valence-electron chi connectivity index (χ0n) is 13.0. The van der Waals surface area contributed by atoms with E-state index < -0.39 is 0 Å². The average molecular weight is 352 g/mol. The van der Waals surface area contributed by atoms with Crippen molar-refractivity contribution in [1.82, 2.24) is 5.32 Å². The van der Waals surface area contributed by atoms with Gasteiger partial charge >= 0.3 is 0 Å². The van der Waals surface area contributed by atoms with E-state index >= 15 is 0 Å². The van der Waals surface area contributed by atoms with Gasteiger partial charge in [0.2, 0.25) is 0 Å². The quantitative estimate of drug-likeness (QED) is 0.747. The molecular formula is C19H13FN2O2S. The Hall–Kier alpha value is -2.99. The molecule has 25 heavy (non-hydrogen) atoms. The number of carbonyl (C=O) groups is 2. The Bertz CT molecular complexity index is 997. The Morgan fingerprint density at radius 3 is 2.76 bits per heavy atom. The minimum Gasteiger partial charge on any atom is -0.348 e. The van der Waals surface area contributed by atoms with Crippen LogP contribution in [0.5, 0.6) is 0 Å². The zero-order chi connectivity index (χ0) is 17.4. The van der Waals surface area contributed by atoms with Gasteiger partial charge in [-0.3, -0.25) is 9.59 Å². The van der Waals surface area contributed by atoms with Crippen LogP contribution < -0.4 is 10.6 Å². The molecule has 6 heteroatoms. The number of amides is 2. The van der Waals surface area contributed by atoms with Crippen molar-refractivity contribution in [2.75, 3.05) is 5.32 Å². The standard InChI is InChI=1S/C19H13FN2O2S/c20-15-4-2-1-3-13(15)16-7-8-17(25-16)19(24)22-12-6-5-11-10-21-18(23)14(11)9-12/h1-9H,10H2,(H,21,23)(H,22,24). The minimum atomic E-state index is -0.319. The summed E-state index contributed by atoms with van der Waals surface area (Å²) in [5.74, 6) is -0.740. The third-order valence-electron chi connectivity index (χ3n) is 4.02. The number of rotatable bonds is 3. The van der Waals surface area contributed by atoms with Crippen molar-refractivity contribution < 1.29 is 14.0 Å². The molecule has 4 nitrogen and oxygen atoms in total. The number of thiophene rings is 1. The largest absolute Gasteiger partial charge is 0.348 e. The number of carbonyl (C=O) groups excluding carboxylic acids is 2. The first kappa shape index (κ1) is 15.5. The number of anilines is 1. The summed E-state index contributed by atoms with van der Waals surface area (Å²) < 4.78 is 13.9. The molecular weight excluding hydrogens is 339 g/mol. The van der Waals surface area contributed by atoms with Crippen LogP contribution in [0.1, 0.15) is 25.6 Å². The molecule has 2 amide bonds. The molecule has 0 spiro atoms. The Balaban J connectivity index is 1.56. The molecule has 1 aliphatic rings. The van der Waals surface area contributed by atoms with E-state index in [0.29, 0.717) is 33.1 Å². The van der Waals surface area contributed by atoms with Gasteiger partial charge in [0.25, 0.3) is 11.8 Å². The molecule has 0 unspecified atom stereocenters. The second-order valence-electron chi connectivity index (χ2n) is 5.65. The van der Waals surface area contributed by atoms with E-state index in [0.717, 1.165) is 5.56 Å². The van der Waals surface area contributed by atoms with Crippen LogP contribution in [-0.2, 0) is 6.54 Å². The van der Waals surface area contributed by atoms with Gasteiger partial charge in [-0.2, -0.15) is 0 Å². The van der Waals surface area contributed by atoms with Crippen LogP contribution in [0.4, 0.5) is 10.1 Å². The molecule has 0 fully saturated rings. The average Bonchev–Trinajstić information content (AvgIpc) is 3.23. The summed E-state index contributed by atoms with van der Waals surface area (Å²) in [6, 6.07) is 15.1. The Morgan fingerprint density at radius 2 is 1.92 bits per heavy atom. The van der Waals surface area contributed by atoms with Crippen LogP contribution in [-0.4, -0.2) is 11.8 Å². The number of benzene rings is 2. The second kappa shape index (κ2) is 6.14. The number of hydrogen-bond donors (Lipinski definition) is 2. The molecule has 3 aromatic rings. The Morgan fingerprint density at radius 1 is 1.08 bits per heavy atom. The topological polar surface area (TPSA) is 58.2 Å². The smallest absolute Gasteiger partial charge is 0.265 e. The third kappa shape index (κ3) is 2.92. The number of halogens is 1. The maximum Gasteiger partial charge on any atom is 0.265 e. The van der Waals surface area contributed by atoms with E-state index in [-0.39, 0.29) is 17.6 Å². The lowest BCUT2D eigenvalue weighted by Crippen LogP contribution is -2.13. The molecule has 1 aliphatic heterocycles. The summed E-state index contributed by atoms with van der Waals surface area (Å²) in [7, 11) is 0. The Kier molecular flexibility index (Phi) is 3.82. The fraction of sp³-hybridized carbons (Fsp3) is 0.0526. The van der Waals surface area contributed by atoms with Crippen molar-refractivity contribution in [2.24, 2.45) is 0 Å². The molecule has 0 aliphatic carbocycles. The molecule has 0 bridgehead atoms. The highest BCUT2D eigenvalue weighted by atomic mass is 32.1. The molecule has 2 heterocycles. The summed E-state index contributed by atoms with van der Waals surface area (Å²) in [5.41, 5.74) is 2.53. The highest BCUT2D eigenvalue weighted by Gasteiger charge is 2.19. The van der Waals surface area contributed by atoms with Gasteiger partial charge in [0.05, 0.1) is 4.88 Å². The second-order valence-corrected chi connectivity index (χ2v) is 6.74. The van der Waals surface area contributed by atoms with Crippen LogP contribution in [0.15, 0.2) is 54.6 Å². The SMILES string of the molecule is O=C(Nc1ccc2c(c1)C(=O)NC2)c1ccc(-c2ccccc2F)s1. The van der Waals surface area contributed by atoms with Gasteiger partial charge in [0.15, 0.2) is 0 Å². The van der Waals surface area contributed by atoms with Gasteiger partial charge in [-0.1, -0.05) is 24.3 Å². The normalized spacial score (nSPS) is 12.6. The summed E-state index contributed by atoms with van der Waals surface area (Å²) in [6.07, 6.45) is 0. The van der Waals surface area contributed by atoms with Gasteiger partial charge in [-0.05, 0) is 35.9 Å². The zero-order valence-corrected chi connectivity index (χ0v) is 13.8. The summed E-state index contributed by atoms with van der Waals surface area (Å²) >= 11 is 1.22. The van der Waals surface area contributed by atoms with Gasteiger partial charge in [-0.25, -0.2) is 4.39 Å². The molecule has 4 rings (SSSR count). The minimum absolute atomic E-state index is 0.135. The highest BCUT2D eigenvalue weighted by molar-refractivity contribution is 7.17. The molecule has 1 aromatic heterocycles. The van der Waals surface area contributed by atoms with E-state index in [1.807, 2.05) is 6.07 Å². The third-order valence-corrected chi connectivity index (χ3v) is 5.14. The van der Waals surface area contributed by atoms with E-state index in [2.05, 4.69) is 10.6 Å². The van der Waals surface area contributed by atoms with Crippen molar-refractivity contribution >= 4 is 28.8 Å². The van der Waals surface area contributed by atoms with Crippen LogP contribution in [0.2, 0.25) is 0 Å². The molecule has 0 saturated heterocycles. The lowest BCUT2D eigenvalue weighted by Gasteiger charge is -2.05. The van der Waals surface area contributed by atoms with Crippen molar-refractivity contribution in [3.8, 4) is 10.4 Å². The maximum absolute atomic E-state index is 13.9. The number of nitrogens with one attached hydrogen (secondary N) is 2. The fourth-order valence-electron chi connectivity index (χ4n) is 2.75. The van der Waals surface area contributed by atoms with Crippen molar-refractivity contribution in [1.29, 1.82) is 0 Å². The van der Waals surface area contributed by atoms with E-state index in [9.17, 15) is 14.0 Å². The first-order valence-electron chi connectivity index (χ1n) is 7.69. The monoisotopic (exact) mass is 352 g/mol. The summed E-state index contributed by atoms with van der Waals surface area (Å²) in [4.78, 5) is 25.3. The lowest BCUT2D eigenvalue weighted by atomic mass is 10.1. The van der Waals surface area contributed by atoms with Gasteiger partial charge in [0, 0.05) is 28.2 Å². The number of fused-ring (bicyclic) bond motifs is 1. The van der Waals surface area contributed by atoms with Crippen molar-refractivity contribution in [2.45, 2.75) is 6.54 Å². The van der Waals surface area contributed by atoms with Crippen LogP contribution >= 0.6 is 11.3 Å². The van der Waals surface area contributed by atoms with Gasteiger partial charge < -0.3 is 10.6 Å². The summed E-state index contributed by atoms with van der Waals surface area (Å²) in [5, 5.41) is 5.52. The molecule has 2 aromatic carbocycles. The number of hydrogen-bond acceptors (Lipinski definition) is 3. The van der Waals surface area contributed by atoms with Crippen LogP contribution in [0, 0.1) is 5.82 Å². The maximum atomic E-state index is 13.9. The van der Waals surface area contributed by atoms with Gasteiger partial charge in [-0.15, -0.1) is 11.3 Å².